The number of nitrogens with zero attached hydrogens (tertiary/aromatic N) is 2. The number of piperazine rings is 1. The first-order valence-electron chi connectivity index (χ1n) is 7.58. The second-order valence-corrected chi connectivity index (χ2v) is 6.86. The van der Waals surface area contributed by atoms with E-state index in [-0.39, 0.29) is 0 Å². The number of benzene rings is 1. The van der Waals surface area contributed by atoms with Crippen LogP contribution in [0.2, 0.25) is 0 Å². The van der Waals surface area contributed by atoms with Crippen molar-refractivity contribution in [1.29, 1.82) is 0 Å². The number of hydrogen-bond donors (Lipinski definition) is 1. The summed E-state index contributed by atoms with van der Waals surface area (Å²) < 4.78 is 1.30. The largest absolute Gasteiger partial charge is 0.311 e. The van der Waals surface area contributed by atoms with Gasteiger partial charge in [0.05, 0.1) is 16.8 Å². The van der Waals surface area contributed by atoms with Crippen LogP contribution in [0, 0.1) is 0 Å². The van der Waals surface area contributed by atoms with E-state index in [4.69, 9.17) is 4.98 Å². The molecule has 1 aliphatic heterocycles. The van der Waals surface area contributed by atoms with Gasteiger partial charge in [-0.3, -0.25) is 4.90 Å². The molecule has 20 heavy (non-hydrogen) atoms. The Bertz CT molecular complexity index is 533. The number of thiazole rings is 1. The molecule has 1 fully saturated rings. The van der Waals surface area contributed by atoms with Gasteiger partial charge in [-0.1, -0.05) is 25.5 Å². The Morgan fingerprint density at radius 3 is 3.05 bits per heavy atom. The maximum absolute atomic E-state index is 4.77. The van der Waals surface area contributed by atoms with Gasteiger partial charge in [0.1, 0.15) is 5.01 Å². The minimum Gasteiger partial charge on any atom is -0.311 e. The molecule has 0 saturated carbocycles. The van der Waals surface area contributed by atoms with E-state index in [0.717, 1.165) is 25.2 Å². The quantitative estimate of drug-likeness (QED) is 0.936. The lowest BCUT2D eigenvalue weighted by molar-refractivity contribution is 0.129. The normalized spacial score (nSPS) is 24.3. The van der Waals surface area contributed by atoms with Gasteiger partial charge in [0.2, 0.25) is 0 Å². The highest BCUT2D eigenvalue weighted by Gasteiger charge is 2.25. The number of nitrogens with one attached hydrogen (secondary N) is 1. The van der Waals surface area contributed by atoms with Crippen molar-refractivity contribution in [2.24, 2.45) is 0 Å². The molecular formula is C16H23N3S. The predicted octanol–water partition coefficient (Wildman–Crippen LogP) is 3.26. The lowest BCUT2D eigenvalue weighted by Crippen LogP contribution is -2.54. The third-order valence-electron chi connectivity index (χ3n) is 4.09. The van der Waals surface area contributed by atoms with Crippen LogP contribution in [0.25, 0.3) is 10.2 Å². The molecule has 3 rings (SSSR count). The van der Waals surface area contributed by atoms with Crippen LogP contribution >= 0.6 is 11.3 Å². The first kappa shape index (κ1) is 14.0. The molecule has 1 aromatic heterocycles. The summed E-state index contributed by atoms with van der Waals surface area (Å²) in [5, 5.41) is 4.90. The summed E-state index contributed by atoms with van der Waals surface area (Å²) in [6.07, 6.45) is 2.52. The van der Waals surface area contributed by atoms with E-state index < -0.39 is 0 Å². The van der Waals surface area contributed by atoms with Crippen molar-refractivity contribution in [3.63, 3.8) is 0 Å². The summed E-state index contributed by atoms with van der Waals surface area (Å²) in [5.74, 6) is 0. The Labute approximate surface area is 125 Å². The van der Waals surface area contributed by atoms with Crippen LogP contribution in [0.15, 0.2) is 24.3 Å². The molecule has 0 aliphatic carbocycles. The fourth-order valence-electron chi connectivity index (χ4n) is 2.92. The number of aromatic nitrogens is 1. The van der Waals surface area contributed by atoms with Gasteiger partial charge in [-0.25, -0.2) is 4.98 Å². The average Bonchev–Trinajstić information content (AvgIpc) is 2.85. The summed E-state index contributed by atoms with van der Waals surface area (Å²) in [6.45, 7) is 7.79. The van der Waals surface area contributed by atoms with Crippen LogP contribution < -0.4 is 5.32 Å². The minimum absolute atomic E-state index is 0.593. The molecule has 2 unspecified atom stereocenters. The lowest BCUT2D eigenvalue weighted by Gasteiger charge is -2.38. The highest BCUT2D eigenvalue weighted by molar-refractivity contribution is 7.18. The SMILES string of the molecule is CCCC1CN(Cc2nc3ccccc3s2)C(C)CN1. The fraction of sp³-hybridized carbons (Fsp3) is 0.562. The van der Waals surface area contributed by atoms with Gasteiger partial charge in [0.15, 0.2) is 0 Å². The highest BCUT2D eigenvalue weighted by atomic mass is 32.1. The van der Waals surface area contributed by atoms with E-state index >= 15 is 0 Å². The zero-order valence-corrected chi connectivity index (χ0v) is 13.1. The number of para-hydroxylation sites is 1. The third kappa shape index (κ3) is 3.03. The summed E-state index contributed by atoms with van der Waals surface area (Å²) in [6, 6.07) is 9.67. The van der Waals surface area contributed by atoms with Crippen molar-refractivity contribution >= 4 is 21.6 Å². The topological polar surface area (TPSA) is 28.2 Å². The fourth-order valence-corrected chi connectivity index (χ4v) is 3.91. The smallest absolute Gasteiger partial charge is 0.108 e. The van der Waals surface area contributed by atoms with Gasteiger partial charge in [-0.15, -0.1) is 11.3 Å². The summed E-state index contributed by atoms with van der Waals surface area (Å²) in [7, 11) is 0. The third-order valence-corrected chi connectivity index (χ3v) is 5.11. The monoisotopic (exact) mass is 289 g/mol. The number of rotatable bonds is 4. The molecule has 0 bridgehead atoms. The van der Waals surface area contributed by atoms with Crippen LogP contribution in [-0.2, 0) is 6.54 Å². The maximum atomic E-state index is 4.77. The second-order valence-electron chi connectivity index (χ2n) is 5.75. The van der Waals surface area contributed by atoms with Crippen LogP contribution in [0.3, 0.4) is 0 Å². The van der Waals surface area contributed by atoms with Crippen LogP contribution in [0.4, 0.5) is 0 Å². The van der Waals surface area contributed by atoms with E-state index in [1.54, 1.807) is 0 Å². The first-order chi connectivity index (χ1) is 9.76. The maximum Gasteiger partial charge on any atom is 0.108 e. The Hall–Kier alpha value is -0.970. The number of fused-ring (bicyclic) bond motifs is 1. The van der Waals surface area contributed by atoms with E-state index in [1.165, 1.54) is 22.5 Å². The molecule has 1 aliphatic rings. The lowest BCUT2D eigenvalue weighted by atomic mass is 10.1. The molecule has 0 amide bonds. The number of hydrogen-bond acceptors (Lipinski definition) is 4. The minimum atomic E-state index is 0.593. The van der Waals surface area contributed by atoms with Crippen LogP contribution in [0.5, 0.6) is 0 Å². The van der Waals surface area contributed by atoms with Gasteiger partial charge >= 0.3 is 0 Å². The molecule has 1 aromatic carbocycles. The van der Waals surface area contributed by atoms with Gasteiger partial charge in [-0.05, 0) is 25.5 Å². The van der Waals surface area contributed by atoms with Crippen molar-refractivity contribution in [2.75, 3.05) is 13.1 Å². The van der Waals surface area contributed by atoms with Crippen molar-refractivity contribution in [2.45, 2.75) is 45.3 Å². The Morgan fingerprint density at radius 2 is 2.25 bits per heavy atom. The molecule has 0 spiro atoms. The average molecular weight is 289 g/mol. The zero-order valence-electron chi connectivity index (χ0n) is 12.3. The molecule has 1 saturated heterocycles. The Morgan fingerprint density at radius 1 is 1.40 bits per heavy atom. The van der Waals surface area contributed by atoms with E-state index in [2.05, 4.69) is 48.3 Å². The molecule has 4 heteroatoms. The second kappa shape index (κ2) is 6.20. The van der Waals surface area contributed by atoms with Crippen LogP contribution in [-0.4, -0.2) is 35.1 Å². The Balaban J connectivity index is 1.71. The molecule has 0 radical (unpaired) electrons. The Kier molecular flexibility index (Phi) is 4.34. The standard InChI is InChI=1S/C16H23N3S/c1-3-6-13-10-19(12(2)9-17-13)11-16-18-14-7-4-5-8-15(14)20-16/h4-5,7-8,12-13,17H,3,6,9-11H2,1-2H3. The first-order valence-corrected chi connectivity index (χ1v) is 8.39. The summed E-state index contributed by atoms with van der Waals surface area (Å²) >= 11 is 1.83. The van der Waals surface area contributed by atoms with Crippen molar-refractivity contribution in [1.82, 2.24) is 15.2 Å². The van der Waals surface area contributed by atoms with Gasteiger partial charge in [0.25, 0.3) is 0 Å². The zero-order chi connectivity index (χ0) is 13.9. The molecule has 1 N–H and O–H groups in total. The summed E-state index contributed by atoms with van der Waals surface area (Å²) in [4.78, 5) is 7.35. The predicted molar refractivity (Wildman–Crippen MR) is 86.2 cm³/mol. The van der Waals surface area contributed by atoms with Gasteiger partial charge in [0, 0.05) is 25.2 Å². The van der Waals surface area contributed by atoms with Crippen molar-refractivity contribution < 1.29 is 0 Å². The molecule has 3 nitrogen and oxygen atoms in total. The van der Waals surface area contributed by atoms with Crippen molar-refractivity contribution in [3.05, 3.63) is 29.3 Å². The molecule has 108 valence electrons. The highest BCUT2D eigenvalue weighted by Crippen LogP contribution is 2.24. The van der Waals surface area contributed by atoms with Gasteiger partial charge < -0.3 is 5.32 Å². The molecule has 2 atom stereocenters. The molecule has 2 aromatic rings. The molecular weight excluding hydrogens is 266 g/mol. The van der Waals surface area contributed by atoms with Crippen molar-refractivity contribution in [3.8, 4) is 0 Å². The van der Waals surface area contributed by atoms with E-state index in [9.17, 15) is 0 Å². The molecule has 2 heterocycles. The summed E-state index contributed by atoms with van der Waals surface area (Å²) in [5.41, 5.74) is 1.14. The van der Waals surface area contributed by atoms with Gasteiger partial charge in [-0.2, -0.15) is 0 Å². The van der Waals surface area contributed by atoms with E-state index in [1.807, 2.05) is 11.3 Å². The van der Waals surface area contributed by atoms with Crippen LogP contribution in [0.1, 0.15) is 31.7 Å². The van der Waals surface area contributed by atoms with E-state index in [0.29, 0.717) is 12.1 Å².